The predicted molar refractivity (Wildman–Crippen MR) is 35.8 cm³/mol. The standard InChI is InChI=1S/C7H14O/c1-4-7(8)5-6(2)3/h5-6,8H,4H2,1-3H3/b7-5-. The van der Waals surface area contributed by atoms with Crippen LogP contribution in [0.2, 0.25) is 0 Å². The summed E-state index contributed by atoms with van der Waals surface area (Å²) in [5.41, 5.74) is 0. The third-order valence-electron chi connectivity index (χ3n) is 0.888. The quantitative estimate of drug-likeness (QED) is 0.547. The molecule has 1 N–H and O–H groups in total. The largest absolute Gasteiger partial charge is 0.513 e. The Hall–Kier alpha value is -0.460. The Labute approximate surface area is 51.0 Å². The lowest BCUT2D eigenvalue weighted by Gasteiger charge is -1.95. The number of hydrogen-bond acceptors (Lipinski definition) is 1. The van der Waals surface area contributed by atoms with E-state index in [1.165, 1.54) is 0 Å². The highest BCUT2D eigenvalue weighted by Crippen LogP contribution is 2.01. The minimum absolute atomic E-state index is 0.468. The van der Waals surface area contributed by atoms with Crippen LogP contribution < -0.4 is 0 Å². The van der Waals surface area contributed by atoms with E-state index in [2.05, 4.69) is 0 Å². The molecular weight excluding hydrogens is 100 g/mol. The minimum atomic E-state index is 0.468. The summed E-state index contributed by atoms with van der Waals surface area (Å²) in [6.45, 7) is 6.03. The molecule has 8 heavy (non-hydrogen) atoms. The normalized spacial score (nSPS) is 12.8. The summed E-state index contributed by atoms with van der Waals surface area (Å²) in [5, 5.41) is 8.89. The smallest absolute Gasteiger partial charge is 0.0882 e. The van der Waals surface area contributed by atoms with Gasteiger partial charge in [0.05, 0.1) is 5.76 Å². The van der Waals surface area contributed by atoms with E-state index in [-0.39, 0.29) is 0 Å². The fraction of sp³-hybridized carbons (Fsp3) is 0.714. The third-order valence-corrected chi connectivity index (χ3v) is 0.888. The van der Waals surface area contributed by atoms with Crippen molar-refractivity contribution in [3.63, 3.8) is 0 Å². The molecule has 0 spiro atoms. The lowest BCUT2D eigenvalue weighted by molar-refractivity contribution is 0.388. The van der Waals surface area contributed by atoms with Crippen molar-refractivity contribution in [1.29, 1.82) is 0 Å². The van der Waals surface area contributed by atoms with Gasteiger partial charge in [0.1, 0.15) is 0 Å². The Balaban J connectivity index is 3.56. The first-order valence-corrected chi connectivity index (χ1v) is 3.06. The zero-order chi connectivity index (χ0) is 6.57. The van der Waals surface area contributed by atoms with Crippen LogP contribution in [0.15, 0.2) is 11.8 Å². The van der Waals surface area contributed by atoms with Crippen molar-refractivity contribution >= 4 is 0 Å². The van der Waals surface area contributed by atoms with Crippen molar-refractivity contribution in [2.75, 3.05) is 0 Å². The first-order valence-electron chi connectivity index (χ1n) is 3.06. The van der Waals surface area contributed by atoms with Gasteiger partial charge in [-0.3, -0.25) is 0 Å². The van der Waals surface area contributed by atoms with E-state index in [1.807, 2.05) is 26.8 Å². The van der Waals surface area contributed by atoms with Crippen LogP contribution in [0.25, 0.3) is 0 Å². The molecule has 0 amide bonds. The second-order valence-corrected chi connectivity index (χ2v) is 2.26. The van der Waals surface area contributed by atoms with E-state index in [4.69, 9.17) is 5.11 Å². The number of aliphatic hydroxyl groups is 1. The molecule has 0 aliphatic rings. The van der Waals surface area contributed by atoms with Gasteiger partial charge in [-0.05, 0) is 12.0 Å². The Bertz CT molecular complexity index is 82.4. The maximum Gasteiger partial charge on any atom is 0.0882 e. The zero-order valence-corrected chi connectivity index (χ0v) is 5.81. The van der Waals surface area contributed by atoms with Gasteiger partial charge in [-0.1, -0.05) is 20.8 Å². The molecule has 0 atom stereocenters. The SMILES string of the molecule is CC/C(O)=C/C(C)C. The summed E-state index contributed by atoms with van der Waals surface area (Å²) in [5.74, 6) is 0.968. The summed E-state index contributed by atoms with van der Waals surface area (Å²) >= 11 is 0. The Kier molecular flexibility index (Phi) is 3.33. The average molecular weight is 114 g/mol. The van der Waals surface area contributed by atoms with E-state index >= 15 is 0 Å². The summed E-state index contributed by atoms with van der Waals surface area (Å²) in [7, 11) is 0. The van der Waals surface area contributed by atoms with Gasteiger partial charge in [0, 0.05) is 6.42 Å². The molecule has 0 saturated heterocycles. The van der Waals surface area contributed by atoms with Crippen LogP contribution in [0.3, 0.4) is 0 Å². The molecule has 0 bridgehead atoms. The van der Waals surface area contributed by atoms with Gasteiger partial charge in [0.2, 0.25) is 0 Å². The lowest BCUT2D eigenvalue weighted by atomic mass is 10.2. The molecule has 0 fully saturated rings. The highest BCUT2D eigenvalue weighted by Gasteiger charge is 1.88. The van der Waals surface area contributed by atoms with E-state index in [0.29, 0.717) is 11.7 Å². The second kappa shape index (κ2) is 3.53. The topological polar surface area (TPSA) is 20.2 Å². The van der Waals surface area contributed by atoms with Crippen LogP contribution in [0, 0.1) is 5.92 Å². The molecule has 0 aliphatic heterocycles. The fourth-order valence-corrected chi connectivity index (χ4v) is 0.503. The van der Waals surface area contributed by atoms with Crippen molar-refractivity contribution in [2.24, 2.45) is 5.92 Å². The van der Waals surface area contributed by atoms with Crippen LogP contribution in [-0.2, 0) is 0 Å². The number of rotatable bonds is 2. The molecule has 0 aromatic rings. The molecule has 0 heterocycles. The number of allylic oxidation sites excluding steroid dienone is 2. The zero-order valence-electron chi connectivity index (χ0n) is 5.81. The Morgan fingerprint density at radius 2 is 2.12 bits per heavy atom. The second-order valence-electron chi connectivity index (χ2n) is 2.26. The minimum Gasteiger partial charge on any atom is -0.513 e. The average Bonchev–Trinajstić information content (AvgIpc) is 1.65. The van der Waals surface area contributed by atoms with Gasteiger partial charge in [-0.2, -0.15) is 0 Å². The van der Waals surface area contributed by atoms with Crippen LogP contribution >= 0.6 is 0 Å². The molecule has 0 aromatic carbocycles. The first kappa shape index (κ1) is 7.54. The predicted octanol–water partition coefficient (Wildman–Crippen LogP) is 2.49. The summed E-state index contributed by atoms with van der Waals surface area (Å²) in [6, 6.07) is 0. The molecule has 0 unspecified atom stereocenters. The van der Waals surface area contributed by atoms with Crippen molar-refractivity contribution in [3.8, 4) is 0 Å². The maximum atomic E-state index is 8.89. The van der Waals surface area contributed by atoms with Gasteiger partial charge < -0.3 is 5.11 Å². The molecule has 1 nitrogen and oxygen atoms in total. The highest BCUT2D eigenvalue weighted by molar-refractivity contribution is 4.91. The van der Waals surface area contributed by atoms with Crippen LogP contribution in [0.5, 0.6) is 0 Å². The van der Waals surface area contributed by atoms with E-state index < -0.39 is 0 Å². The molecule has 1 heteroatoms. The van der Waals surface area contributed by atoms with E-state index in [1.54, 1.807) is 0 Å². The van der Waals surface area contributed by atoms with Crippen molar-refractivity contribution in [2.45, 2.75) is 27.2 Å². The Morgan fingerprint density at radius 1 is 1.62 bits per heavy atom. The number of aliphatic hydroxyl groups excluding tert-OH is 1. The first-order chi connectivity index (χ1) is 3.66. The van der Waals surface area contributed by atoms with Gasteiger partial charge in [0.25, 0.3) is 0 Å². The van der Waals surface area contributed by atoms with Gasteiger partial charge in [-0.25, -0.2) is 0 Å². The lowest BCUT2D eigenvalue weighted by Crippen LogP contribution is -1.83. The third kappa shape index (κ3) is 3.72. The van der Waals surface area contributed by atoms with E-state index in [9.17, 15) is 0 Å². The maximum absolute atomic E-state index is 8.89. The van der Waals surface area contributed by atoms with Gasteiger partial charge in [-0.15, -0.1) is 0 Å². The summed E-state index contributed by atoms with van der Waals surface area (Å²) in [4.78, 5) is 0. The number of hydrogen-bond donors (Lipinski definition) is 1. The molecule has 0 radical (unpaired) electrons. The molecule has 0 rings (SSSR count). The fourth-order valence-electron chi connectivity index (χ4n) is 0.503. The monoisotopic (exact) mass is 114 g/mol. The molecule has 48 valence electrons. The van der Waals surface area contributed by atoms with Crippen molar-refractivity contribution in [3.05, 3.63) is 11.8 Å². The van der Waals surface area contributed by atoms with Crippen LogP contribution in [0.4, 0.5) is 0 Å². The highest BCUT2D eigenvalue weighted by atomic mass is 16.3. The van der Waals surface area contributed by atoms with Crippen LogP contribution in [-0.4, -0.2) is 5.11 Å². The Morgan fingerprint density at radius 3 is 2.25 bits per heavy atom. The van der Waals surface area contributed by atoms with Gasteiger partial charge >= 0.3 is 0 Å². The van der Waals surface area contributed by atoms with E-state index in [0.717, 1.165) is 6.42 Å². The summed E-state index contributed by atoms with van der Waals surface area (Å²) < 4.78 is 0. The molecule has 0 aliphatic carbocycles. The molecule has 0 aromatic heterocycles. The summed E-state index contributed by atoms with van der Waals surface area (Å²) in [6.07, 6.45) is 2.61. The molecule has 0 saturated carbocycles. The molecular formula is C7H14O. The van der Waals surface area contributed by atoms with Gasteiger partial charge in [0.15, 0.2) is 0 Å². The van der Waals surface area contributed by atoms with Crippen molar-refractivity contribution < 1.29 is 5.11 Å². The van der Waals surface area contributed by atoms with Crippen molar-refractivity contribution in [1.82, 2.24) is 0 Å². The van der Waals surface area contributed by atoms with Crippen LogP contribution in [0.1, 0.15) is 27.2 Å².